The molecule has 0 radical (unpaired) electrons. The molecule has 204 valence electrons. The summed E-state index contributed by atoms with van der Waals surface area (Å²) in [6.07, 6.45) is -1.37. The van der Waals surface area contributed by atoms with Crippen molar-refractivity contribution in [3.05, 3.63) is 102 Å². The summed E-state index contributed by atoms with van der Waals surface area (Å²) in [5.74, 6) is -1.05. The Morgan fingerprint density at radius 1 is 0.692 bits per heavy atom. The number of carbonyl (C=O) groups excluding carboxylic acids is 4. The number of carbonyl (C=O) groups is 4. The van der Waals surface area contributed by atoms with Gasteiger partial charge in [0.25, 0.3) is 0 Å². The molecule has 2 amide bonds. The van der Waals surface area contributed by atoms with Crippen molar-refractivity contribution >= 4 is 24.1 Å². The Balaban J connectivity index is 1.45. The van der Waals surface area contributed by atoms with Crippen LogP contribution >= 0.6 is 0 Å². The smallest absolute Gasteiger partial charge is 0.408 e. The van der Waals surface area contributed by atoms with Crippen molar-refractivity contribution in [1.29, 1.82) is 0 Å². The summed E-state index contributed by atoms with van der Waals surface area (Å²) >= 11 is 0. The van der Waals surface area contributed by atoms with E-state index in [-0.39, 0.29) is 38.5 Å². The third-order valence-corrected chi connectivity index (χ3v) is 5.26. The second-order valence-electron chi connectivity index (χ2n) is 8.25. The van der Waals surface area contributed by atoms with Crippen LogP contribution in [0.1, 0.15) is 23.6 Å². The summed E-state index contributed by atoms with van der Waals surface area (Å²) in [6.45, 7) is 1.58. The highest BCUT2D eigenvalue weighted by Crippen LogP contribution is 2.14. The maximum Gasteiger partial charge on any atom is 0.408 e. The molecule has 0 bridgehead atoms. The summed E-state index contributed by atoms with van der Waals surface area (Å²) in [6, 6.07) is 23.7. The molecular weight excluding hydrogens is 504 g/mol. The van der Waals surface area contributed by atoms with Gasteiger partial charge < -0.3 is 29.6 Å². The van der Waals surface area contributed by atoms with Crippen molar-refractivity contribution < 1.29 is 38.1 Å². The molecule has 10 heteroatoms. The topological polar surface area (TPSA) is 129 Å². The van der Waals surface area contributed by atoms with Crippen molar-refractivity contribution in [1.82, 2.24) is 10.6 Å². The molecule has 3 aromatic carbocycles. The summed E-state index contributed by atoms with van der Waals surface area (Å²) in [7, 11) is 0. The molecule has 0 aliphatic heterocycles. The number of alkyl carbamates (subject to hydrolysis) is 2. The Bertz CT molecular complexity index is 1220. The number of hydrogen-bond acceptors (Lipinski definition) is 8. The Morgan fingerprint density at radius 3 is 1.82 bits per heavy atom. The number of ether oxygens (including phenoxy) is 4. The van der Waals surface area contributed by atoms with E-state index in [1.54, 1.807) is 19.1 Å². The van der Waals surface area contributed by atoms with Crippen LogP contribution in [-0.2, 0) is 43.4 Å². The Kier molecular flexibility index (Phi) is 11.3. The Morgan fingerprint density at radius 2 is 1.26 bits per heavy atom. The minimum Gasteiger partial charge on any atom is -0.464 e. The van der Waals surface area contributed by atoms with Crippen LogP contribution in [0.2, 0.25) is 0 Å². The van der Waals surface area contributed by atoms with Gasteiger partial charge in [-0.3, -0.25) is 0 Å². The molecule has 0 fully saturated rings. The zero-order valence-corrected chi connectivity index (χ0v) is 21.5. The zero-order valence-electron chi connectivity index (χ0n) is 21.5. The molecule has 2 N–H and O–H groups in total. The van der Waals surface area contributed by atoms with Crippen molar-refractivity contribution in [2.75, 3.05) is 13.2 Å². The van der Waals surface area contributed by atoms with Crippen LogP contribution in [0.5, 0.6) is 5.75 Å². The first-order chi connectivity index (χ1) is 18.9. The highest BCUT2D eigenvalue weighted by Gasteiger charge is 2.23. The highest BCUT2D eigenvalue weighted by molar-refractivity contribution is 5.82. The van der Waals surface area contributed by atoms with Crippen LogP contribution in [-0.4, -0.2) is 43.3 Å². The molecule has 0 spiro atoms. The highest BCUT2D eigenvalue weighted by atomic mass is 16.6. The number of nitrogens with one attached hydrogen (secondary N) is 2. The molecule has 10 nitrogen and oxygen atoms in total. The lowest BCUT2D eigenvalue weighted by Gasteiger charge is -2.17. The van der Waals surface area contributed by atoms with E-state index < -0.39 is 30.2 Å². The van der Waals surface area contributed by atoms with Crippen LogP contribution in [0.3, 0.4) is 0 Å². The number of hydrogen-bond donors (Lipinski definition) is 2. The molecule has 0 aliphatic carbocycles. The fraction of sp³-hybridized carbons (Fsp3) is 0.241. The Labute approximate surface area is 226 Å². The molecule has 0 saturated carbocycles. The van der Waals surface area contributed by atoms with E-state index in [1.807, 2.05) is 60.7 Å². The maximum absolute atomic E-state index is 12.4. The van der Waals surface area contributed by atoms with Crippen molar-refractivity contribution in [2.24, 2.45) is 0 Å². The van der Waals surface area contributed by atoms with Gasteiger partial charge in [-0.05, 0) is 35.7 Å². The van der Waals surface area contributed by atoms with E-state index in [4.69, 9.17) is 18.9 Å². The van der Waals surface area contributed by atoms with E-state index in [0.717, 1.165) is 11.1 Å². The van der Waals surface area contributed by atoms with Crippen molar-refractivity contribution in [3.63, 3.8) is 0 Å². The quantitative estimate of drug-likeness (QED) is 0.203. The first kappa shape index (κ1) is 28.7. The normalized spacial score (nSPS) is 11.0. The second-order valence-corrected chi connectivity index (χ2v) is 8.25. The van der Waals surface area contributed by atoms with Crippen LogP contribution < -0.4 is 15.4 Å². The van der Waals surface area contributed by atoms with Gasteiger partial charge in [0.1, 0.15) is 31.5 Å². The van der Waals surface area contributed by atoms with Gasteiger partial charge in [-0.25, -0.2) is 19.2 Å². The summed E-state index contributed by atoms with van der Waals surface area (Å²) in [4.78, 5) is 48.6. The minimum atomic E-state index is -0.979. The summed E-state index contributed by atoms with van der Waals surface area (Å²) < 4.78 is 20.6. The average molecular weight is 535 g/mol. The lowest BCUT2D eigenvalue weighted by Crippen LogP contribution is -2.43. The largest absolute Gasteiger partial charge is 0.464 e. The SMILES string of the molecule is CCOC(=O)[C@H](Cc1ccc(OC(=O)CNC(=O)OCc2ccccc2)cc1)NC(=O)OCc1ccccc1. The van der Waals surface area contributed by atoms with Crippen LogP contribution in [0, 0.1) is 0 Å². The summed E-state index contributed by atoms with van der Waals surface area (Å²) in [5.41, 5.74) is 2.31. The third-order valence-electron chi connectivity index (χ3n) is 5.26. The number of rotatable bonds is 12. The molecule has 3 rings (SSSR count). The molecule has 0 saturated heterocycles. The molecule has 1 atom stereocenters. The number of esters is 2. The van der Waals surface area contributed by atoms with Gasteiger partial charge in [-0.2, -0.15) is 0 Å². The molecule has 0 aliphatic rings. The molecule has 0 aromatic heterocycles. The molecule has 39 heavy (non-hydrogen) atoms. The zero-order chi connectivity index (χ0) is 27.9. The average Bonchev–Trinajstić information content (AvgIpc) is 2.96. The monoisotopic (exact) mass is 534 g/mol. The first-order valence-electron chi connectivity index (χ1n) is 12.3. The fourth-order valence-corrected chi connectivity index (χ4v) is 3.36. The van der Waals surface area contributed by atoms with Crippen LogP contribution in [0.4, 0.5) is 9.59 Å². The molecular formula is C29H30N2O8. The number of amides is 2. The van der Waals surface area contributed by atoms with E-state index >= 15 is 0 Å². The van der Waals surface area contributed by atoms with Crippen molar-refractivity contribution in [3.8, 4) is 5.75 Å². The molecule has 0 unspecified atom stereocenters. The van der Waals surface area contributed by atoms with Gasteiger partial charge in [-0.1, -0.05) is 72.8 Å². The number of benzene rings is 3. The first-order valence-corrected chi connectivity index (χ1v) is 12.3. The third kappa shape index (κ3) is 10.6. The lowest BCUT2D eigenvalue weighted by molar-refractivity contribution is -0.145. The van der Waals surface area contributed by atoms with Crippen LogP contribution in [0.25, 0.3) is 0 Å². The lowest BCUT2D eigenvalue weighted by atomic mass is 10.1. The van der Waals surface area contributed by atoms with E-state index in [2.05, 4.69) is 10.6 Å². The predicted molar refractivity (Wildman–Crippen MR) is 141 cm³/mol. The summed E-state index contributed by atoms with van der Waals surface area (Å²) in [5, 5.41) is 4.88. The van der Waals surface area contributed by atoms with Gasteiger partial charge in [0.2, 0.25) is 0 Å². The van der Waals surface area contributed by atoms with Gasteiger partial charge in [0, 0.05) is 6.42 Å². The minimum absolute atomic E-state index is 0.0574. The van der Waals surface area contributed by atoms with Gasteiger partial charge in [0.05, 0.1) is 6.61 Å². The maximum atomic E-state index is 12.4. The van der Waals surface area contributed by atoms with E-state index in [9.17, 15) is 19.2 Å². The van der Waals surface area contributed by atoms with Crippen molar-refractivity contribution in [2.45, 2.75) is 32.6 Å². The molecule has 0 heterocycles. The second kappa shape index (κ2) is 15.4. The van der Waals surface area contributed by atoms with Gasteiger partial charge >= 0.3 is 24.1 Å². The Hall–Kier alpha value is -4.86. The standard InChI is InChI=1S/C29H30N2O8/c1-2-36-27(33)25(31-29(35)38-20-23-11-7-4-8-12-23)17-21-13-15-24(16-14-21)39-26(32)18-30-28(34)37-19-22-9-5-3-6-10-22/h3-16,25H,2,17-20H2,1H3,(H,30,34)(H,31,35)/t25-/m0/s1. The van der Waals surface area contributed by atoms with Gasteiger partial charge in [0.15, 0.2) is 0 Å². The fourth-order valence-electron chi connectivity index (χ4n) is 3.36. The van der Waals surface area contributed by atoms with Crippen LogP contribution in [0.15, 0.2) is 84.9 Å². The predicted octanol–water partition coefficient (Wildman–Crippen LogP) is 3.92. The van der Waals surface area contributed by atoms with E-state index in [0.29, 0.717) is 5.56 Å². The molecule has 3 aromatic rings. The van der Waals surface area contributed by atoms with E-state index in [1.165, 1.54) is 12.1 Å². The van der Waals surface area contributed by atoms with Gasteiger partial charge in [-0.15, -0.1) is 0 Å².